The van der Waals surface area contributed by atoms with Crippen LogP contribution in [-0.2, 0) is 0 Å². The van der Waals surface area contributed by atoms with Gasteiger partial charge in [0, 0.05) is 5.56 Å². The van der Waals surface area contributed by atoms with Gasteiger partial charge >= 0.3 is 0 Å². The number of phenolic OH excluding ortho intramolecular Hbond substituents is 2. The summed E-state index contributed by atoms with van der Waals surface area (Å²) in [5.41, 5.74) is 5.07. The summed E-state index contributed by atoms with van der Waals surface area (Å²) in [6.07, 6.45) is 0. The third-order valence-electron chi connectivity index (χ3n) is 1.26. The molecule has 0 aliphatic carbocycles. The number of primary amides is 1. The fraction of sp³-hybridized carbons (Fsp3) is 0. The minimum absolute atomic E-state index is 0. The fourth-order valence-corrected chi connectivity index (χ4v) is 0.677. The van der Waals surface area contributed by atoms with Crippen molar-refractivity contribution in [2.45, 2.75) is 0 Å². The maximum absolute atomic E-state index is 10.5. The molecule has 1 aromatic rings. The van der Waals surface area contributed by atoms with Crippen LogP contribution >= 0.6 is 17.0 Å². The summed E-state index contributed by atoms with van der Waals surface area (Å²) >= 11 is 0. The number of carbonyl (C=O) groups excluding carboxylic acids is 1. The summed E-state index contributed by atoms with van der Waals surface area (Å²) in [6.45, 7) is 0. The number of hydrogen-bond donors (Lipinski definition) is 3. The van der Waals surface area contributed by atoms with Gasteiger partial charge < -0.3 is 15.9 Å². The smallest absolute Gasteiger partial charge is 0.248 e. The number of aromatic hydroxyl groups is 2. The van der Waals surface area contributed by atoms with Crippen LogP contribution in [-0.4, -0.2) is 16.1 Å². The molecular weight excluding hydrogens is 226 g/mol. The number of benzene rings is 1. The Morgan fingerprint density at radius 2 is 1.83 bits per heavy atom. The molecule has 0 aliphatic heterocycles. The quantitative estimate of drug-likeness (QED) is 0.627. The van der Waals surface area contributed by atoms with Crippen molar-refractivity contribution in [1.29, 1.82) is 0 Å². The normalized spacial score (nSPS) is 8.67. The third kappa shape index (κ3) is 2.13. The van der Waals surface area contributed by atoms with E-state index in [0.717, 1.165) is 6.07 Å². The van der Waals surface area contributed by atoms with Gasteiger partial charge in [-0.2, -0.15) is 0 Å². The summed E-state index contributed by atoms with van der Waals surface area (Å²) in [6, 6.07) is 3.64. The lowest BCUT2D eigenvalue weighted by atomic mass is 10.2. The van der Waals surface area contributed by atoms with Gasteiger partial charge in [0.25, 0.3) is 0 Å². The molecule has 0 aliphatic rings. The number of phenols is 2. The van der Waals surface area contributed by atoms with E-state index in [0.29, 0.717) is 0 Å². The van der Waals surface area contributed by atoms with Crippen LogP contribution in [0.25, 0.3) is 0 Å². The SMILES string of the molecule is Br.NC(=O)c1ccc(O)c(O)c1. The average molecular weight is 234 g/mol. The molecule has 0 heterocycles. The van der Waals surface area contributed by atoms with E-state index in [1.807, 2.05) is 0 Å². The van der Waals surface area contributed by atoms with Gasteiger partial charge in [0.2, 0.25) is 5.91 Å². The molecule has 0 bridgehead atoms. The van der Waals surface area contributed by atoms with Crippen LogP contribution in [0.1, 0.15) is 10.4 Å². The number of carbonyl (C=O) groups is 1. The standard InChI is InChI=1S/C7H7NO3.BrH/c8-7(11)4-1-2-5(9)6(10)3-4;/h1-3,9-10H,(H2,8,11);1H. The topological polar surface area (TPSA) is 83.6 Å². The molecule has 1 aromatic carbocycles. The predicted octanol–water partition coefficient (Wildman–Crippen LogP) is 0.775. The Morgan fingerprint density at radius 1 is 1.25 bits per heavy atom. The van der Waals surface area contributed by atoms with Crippen LogP contribution in [0.15, 0.2) is 18.2 Å². The van der Waals surface area contributed by atoms with Crippen LogP contribution in [0, 0.1) is 0 Å². The molecule has 0 fully saturated rings. The van der Waals surface area contributed by atoms with Gasteiger partial charge in [-0.05, 0) is 18.2 Å². The summed E-state index contributed by atoms with van der Waals surface area (Å²) in [5.74, 6) is -1.25. The highest BCUT2D eigenvalue weighted by Crippen LogP contribution is 2.24. The van der Waals surface area contributed by atoms with Crippen molar-refractivity contribution in [1.82, 2.24) is 0 Å². The Labute approximate surface area is 79.4 Å². The van der Waals surface area contributed by atoms with Gasteiger partial charge in [0.05, 0.1) is 0 Å². The van der Waals surface area contributed by atoms with E-state index in [2.05, 4.69) is 0 Å². The number of nitrogens with two attached hydrogens (primary N) is 1. The molecule has 0 saturated heterocycles. The molecule has 0 saturated carbocycles. The Balaban J connectivity index is 0.00000121. The monoisotopic (exact) mass is 233 g/mol. The van der Waals surface area contributed by atoms with Crippen molar-refractivity contribution in [2.24, 2.45) is 5.73 Å². The summed E-state index contributed by atoms with van der Waals surface area (Å²) < 4.78 is 0. The van der Waals surface area contributed by atoms with Gasteiger partial charge in [-0.1, -0.05) is 0 Å². The van der Waals surface area contributed by atoms with Crippen LogP contribution in [0.2, 0.25) is 0 Å². The average Bonchev–Trinajstić information content (AvgIpc) is 1.94. The molecule has 4 nitrogen and oxygen atoms in total. The Bertz CT molecular complexity index is 301. The van der Waals surface area contributed by atoms with Gasteiger partial charge in [-0.25, -0.2) is 0 Å². The van der Waals surface area contributed by atoms with E-state index < -0.39 is 5.91 Å². The van der Waals surface area contributed by atoms with Gasteiger partial charge in [0.15, 0.2) is 11.5 Å². The lowest BCUT2D eigenvalue weighted by molar-refractivity contribution is 0.1000. The van der Waals surface area contributed by atoms with Crippen LogP contribution < -0.4 is 5.73 Å². The number of amides is 1. The van der Waals surface area contributed by atoms with E-state index in [4.69, 9.17) is 15.9 Å². The van der Waals surface area contributed by atoms with Crippen molar-refractivity contribution in [2.75, 3.05) is 0 Å². The van der Waals surface area contributed by atoms with Gasteiger partial charge in [0.1, 0.15) is 0 Å². The van der Waals surface area contributed by atoms with E-state index in [9.17, 15) is 4.79 Å². The first-order valence-electron chi connectivity index (χ1n) is 2.93. The van der Waals surface area contributed by atoms with Crippen molar-refractivity contribution < 1.29 is 15.0 Å². The van der Waals surface area contributed by atoms with Crippen molar-refractivity contribution in [3.8, 4) is 11.5 Å². The number of hydrogen-bond acceptors (Lipinski definition) is 3. The zero-order valence-electron chi connectivity index (χ0n) is 6.02. The highest BCUT2D eigenvalue weighted by atomic mass is 79.9. The Morgan fingerprint density at radius 3 is 2.25 bits per heavy atom. The molecule has 0 aromatic heterocycles. The van der Waals surface area contributed by atoms with E-state index in [-0.39, 0.29) is 34.0 Å². The maximum atomic E-state index is 10.5. The van der Waals surface area contributed by atoms with E-state index >= 15 is 0 Å². The molecule has 0 unspecified atom stereocenters. The molecule has 1 rings (SSSR count). The molecule has 0 atom stereocenters. The highest BCUT2D eigenvalue weighted by molar-refractivity contribution is 8.93. The molecule has 1 amide bonds. The first kappa shape index (κ1) is 10.8. The number of rotatable bonds is 1. The Hall–Kier alpha value is -1.23. The minimum atomic E-state index is -0.639. The molecule has 0 spiro atoms. The van der Waals surface area contributed by atoms with E-state index in [1.54, 1.807) is 0 Å². The van der Waals surface area contributed by atoms with Gasteiger partial charge in [-0.3, -0.25) is 4.79 Å². The molecule has 4 N–H and O–H groups in total. The summed E-state index contributed by atoms with van der Waals surface area (Å²) in [5, 5.41) is 17.7. The van der Waals surface area contributed by atoms with Crippen molar-refractivity contribution in [3.05, 3.63) is 23.8 Å². The first-order chi connectivity index (χ1) is 5.11. The predicted molar refractivity (Wildman–Crippen MR) is 48.6 cm³/mol. The summed E-state index contributed by atoms with van der Waals surface area (Å²) in [7, 11) is 0. The largest absolute Gasteiger partial charge is 0.504 e. The van der Waals surface area contributed by atoms with Crippen LogP contribution in [0.4, 0.5) is 0 Å². The molecule has 0 radical (unpaired) electrons. The lowest BCUT2D eigenvalue weighted by Gasteiger charge is -1.98. The van der Waals surface area contributed by atoms with E-state index in [1.165, 1.54) is 12.1 Å². The minimum Gasteiger partial charge on any atom is -0.504 e. The fourth-order valence-electron chi connectivity index (χ4n) is 0.677. The van der Waals surface area contributed by atoms with Crippen molar-refractivity contribution in [3.63, 3.8) is 0 Å². The molecule has 66 valence electrons. The Kier molecular flexibility index (Phi) is 3.56. The summed E-state index contributed by atoms with van der Waals surface area (Å²) in [4.78, 5) is 10.5. The lowest BCUT2D eigenvalue weighted by Crippen LogP contribution is -2.10. The van der Waals surface area contributed by atoms with Crippen LogP contribution in [0.5, 0.6) is 11.5 Å². The molecule has 5 heteroatoms. The van der Waals surface area contributed by atoms with Crippen LogP contribution in [0.3, 0.4) is 0 Å². The second-order valence-corrected chi connectivity index (χ2v) is 2.07. The molecular formula is C7H8BrNO3. The van der Waals surface area contributed by atoms with Gasteiger partial charge in [-0.15, -0.1) is 17.0 Å². The first-order valence-corrected chi connectivity index (χ1v) is 2.93. The zero-order chi connectivity index (χ0) is 8.43. The highest BCUT2D eigenvalue weighted by Gasteiger charge is 2.03. The second-order valence-electron chi connectivity index (χ2n) is 2.07. The zero-order valence-corrected chi connectivity index (χ0v) is 7.73. The molecule has 12 heavy (non-hydrogen) atoms. The maximum Gasteiger partial charge on any atom is 0.248 e. The third-order valence-corrected chi connectivity index (χ3v) is 1.26. The number of halogens is 1. The van der Waals surface area contributed by atoms with Crippen molar-refractivity contribution >= 4 is 22.9 Å². The second kappa shape index (κ2) is 3.96.